The van der Waals surface area contributed by atoms with E-state index in [1.807, 2.05) is 31.4 Å². The second-order valence-electron chi connectivity index (χ2n) is 8.96. The van der Waals surface area contributed by atoms with Crippen molar-refractivity contribution in [1.29, 1.82) is 5.26 Å². The number of nitrogens with zero attached hydrogens (tertiary/aromatic N) is 5. The predicted octanol–water partition coefficient (Wildman–Crippen LogP) is 2.56. The molecule has 1 saturated heterocycles. The van der Waals surface area contributed by atoms with Crippen molar-refractivity contribution in [3.8, 4) is 6.07 Å². The zero-order valence-corrected chi connectivity index (χ0v) is 19.7. The number of rotatable bonds is 5. The van der Waals surface area contributed by atoms with Crippen LogP contribution < -0.4 is 15.1 Å². The number of fused-ring (bicyclic) bond motifs is 1. The van der Waals surface area contributed by atoms with Crippen molar-refractivity contribution in [2.75, 3.05) is 49.3 Å². The Morgan fingerprint density at radius 3 is 2.48 bits per heavy atom. The maximum Gasteiger partial charge on any atom is 0.175 e. The first-order valence-corrected chi connectivity index (χ1v) is 13.2. The molecule has 5 rings (SSSR count). The molecule has 0 bridgehead atoms. The van der Waals surface area contributed by atoms with Gasteiger partial charge in [0.15, 0.2) is 9.84 Å². The molecule has 2 aliphatic rings. The number of anilines is 2. The fourth-order valence-corrected chi connectivity index (χ4v) is 5.47. The Balaban J connectivity index is 1.35. The van der Waals surface area contributed by atoms with Gasteiger partial charge in [-0.05, 0) is 50.2 Å². The summed E-state index contributed by atoms with van der Waals surface area (Å²) in [6.45, 7) is 3.14. The minimum atomic E-state index is -3.23. The normalized spacial score (nSPS) is 21.1. The molecule has 1 aromatic carbocycles. The third-order valence-corrected chi connectivity index (χ3v) is 8.02. The third-order valence-electron chi connectivity index (χ3n) is 6.91. The van der Waals surface area contributed by atoms with E-state index in [-0.39, 0.29) is 0 Å². The van der Waals surface area contributed by atoms with Gasteiger partial charge in [-0.3, -0.25) is 0 Å². The van der Waals surface area contributed by atoms with Crippen LogP contribution in [-0.4, -0.2) is 63.5 Å². The highest BCUT2D eigenvalue weighted by Crippen LogP contribution is 2.36. The van der Waals surface area contributed by atoms with Crippen LogP contribution in [0.3, 0.4) is 0 Å². The third kappa shape index (κ3) is 4.05. The lowest BCUT2D eigenvalue weighted by atomic mass is 9.87. The van der Waals surface area contributed by atoms with Gasteiger partial charge in [-0.2, -0.15) is 5.26 Å². The molecule has 1 aliphatic heterocycles. The van der Waals surface area contributed by atoms with E-state index in [1.54, 1.807) is 18.2 Å². The number of hydrogen-bond acceptors (Lipinski definition) is 7. The Morgan fingerprint density at radius 2 is 1.82 bits per heavy atom. The molecule has 8 nitrogen and oxygen atoms in total. The van der Waals surface area contributed by atoms with E-state index in [0.29, 0.717) is 22.5 Å². The Kier molecular flexibility index (Phi) is 5.51. The van der Waals surface area contributed by atoms with Crippen LogP contribution >= 0.6 is 0 Å². The average Bonchev–Trinajstić information content (AvgIpc) is 3.16. The SMILES string of the molecule is CN[C@H]1C[C@H](n2cc(C#N)c3ccc(N4CCN(c5cccc(S(C)(=O)=O)c5)CC4)nc32)C1. The van der Waals surface area contributed by atoms with Crippen LogP contribution in [0, 0.1) is 11.3 Å². The number of benzene rings is 1. The molecule has 1 saturated carbocycles. The van der Waals surface area contributed by atoms with Gasteiger partial charge >= 0.3 is 0 Å². The van der Waals surface area contributed by atoms with Crippen LogP contribution in [-0.2, 0) is 9.84 Å². The smallest absolute Gasteiger partial charge is 0.175 e. The number of nitrogens with one attached hydrogen (secondary N) is 1. The van der Waals surface area contributed by atoms with Gasteiger partial charge in [0, 0.05) is 61.8 Å². The van der Waals surface area contributed by atoms with Crippen LogP contribution in [0.4, 0.5) is 11.5 Å². The van der Waals surface area contributed by atoms with Gasteiger partial charge in [0.25, 0.3) is 0 Å². The van der Waals surface area contributed by atoms with E-state index in [9.17, 15) is 13.7 Å². The van der Waals surface area contributed by atoms with E-state index < -0.39 is 9.84 Å². The summed E-state index contributed by atoms with van der Waals surface area (Å²) in [6, 6.07) is 14.4. The molecule has 0 unspecified atom stereocenters. The van der Waals surface area contributed by atoms with Gasteiger partial charge < -0.3 is 19.7 Å². The van der Waals surface area contributed by atoms with E-state index in [1.165, 1.54) is 6.26 Å². The van der Waals surface area contributed by atoms with Crippen molar-refractivity contribution in [1.82, 2.24) is 14.9 Å². The molecule has 172 valence electrons. The van der Waals surface area contributed by atoms with Gasteiger partial charge in [-0.15, -0.1) is 0 Å². The number of nitriles is 1. The van der Waals surface area contributed by atoms with Gasteiger partial charge in [0.2, 0.25) is 0 Å². The number of pyridine rings is 1. The quantitative estimate of drug-likeness (QED) is 0.620. The van der Waals surface area contributed by atoms with E-state index >= 15 is 0 Å². The van der Waals surface area contributed by atoms with Gasteiger partial charge in [-0.25, -0.2) is 13.4 Å². The van der Waals surface area contributed by atoms with E-state index in [4.69, 9.17) is 4.98 Å². The largest absolute Gasteiger partial charge is 0.368 e. The molecule has 2 fully saturated rings. The molecule has 1 aliphatic carbocycles. The van der Waals surface area contributed by atoms with Crippen LogP contribution in [0.1, 0.15) is 24.4 Å². The van der Waals surface area contributed by atoms with Crippen molar-refractivity contribution >= 4 is 32.4 Å². The monoisotopic (exact) mass is 464 g/mol. The van der Waals surface area contributed by atoms with Gasteiger partial charge in [0.1, 0.15) is 17.5 Å². The summed E-state index contributed by atoms with van der Waals surface area (Å²) in [5.41, 5.74) is 2.48. The standard InChI is InChI=1S/C24H28N6O2S/c1-26-18-12-20(13-18)30-16-17(15-25)22-6-7-23(27-24(22)30)29-10-8-28(9-11-29)19-4-3-5-21(14-19)33(2,31)32/h3-7,14,16,18,20,26H,8-13H2,1-2H3/t18-,20-. The Bertz CT molecular complexity index is 1330. The lowest BCUT2D eigenvalue weighted by molar-refractivity contribution is 0.240. The molecule has 1 N–H and O–H groups in total. The number of sulfone groups is 1. The summed E-state index contributed by atoms with van der Waals surface area (Å²) in [4.78, 5) is 9.81. The molecule has 3 heterocycles. The highest BCUT2D eigenvalue weighted by molar-refractivity contribution is 7.90. The molecule has 0 amide bonds. The van der Waals surface area contributed by atoms with Gasteiger partial charge in [-0.1, -0.05) is 6.07 Å². The van der Waals surface area contributed by atoms with Crippen molar-refractivity contribution in [2.24, 2.45) is 0 Å². The molecule has 3 aromatic rings. The first-order valence-electron chi connectivity index (χ1n) is 11.3. The highest BCUT2D eigenvalue weighted by atomic mass is 32.2. The molecule has 33 heavy (non-hydrogen) atoms. The Morgan fingerprint density at radius 1 is 1.09 bits per heavy atom. The lowest BCUT2D eigenvalue weighted by Crippen LogP contribution is -2.46. The number of piperazine rings is 1. The van der Waals surface area contributed by atoms with Crippen LogP contribution in [0.15, 0.2) is 47.5 Å². The van der Waals surface area contributed by atoms with Gasteiger partial charge in [0.05, 0.1) is 10.5 Å². The highest BCUT2D eigenvalue weighted by Gasteiger charge is 2.31. The molecule has 0 spiro atoms. The molecular weight excluding hydrogens is 436 g/mol. The summed E-state index contributed by atoms with van der Waals surface area (Å²) in [5, 5.41) is 13.8. The number of hydrogen-bond donors (Lipinski definition) is 1. The minimum absolute atomic E-state index is 0.347. The Hall–Kier alpha value is -3.09. The van der Waals surface area contributed by atoms with Crippen LogP contribution in [0.25, 0.3) is 11.0 Å². The van der Waals surface area contributed by atoms with E-state index in [2.05, 4.69) is 25.8 Å². The van der Waals surface area contributed by atoms with Crippen LogP contribution in [0.2, 0.25) is 0 Å². The second-order valence-corrected chi connectivity index (χ2v) is 11.0. The first kappa shape index (κ1) is 21.7. The van der Waals surface area contributed by atoms with E-state index in [0.717, 1.165) is 61.6 Å². The zero-order valence-electron chi connectivity index (χ0n) is 18.9. The summed E-state index contributed by atoms with van der Waals surface area (Å²) in [5.74, 6) is 0.917. The molecule has 2 aromatic heterocycles. The predicted molar refractivity (Wildman–Crippen MR) is 130 cm³/mol. The van der Waals surface area contributed by atoms with Crippen LogP contribution in [0.5, 0.6) is 0 Å². The zero-order chi connectivity index (χ0) is 23.2. The van der Waals surface area contributed by atoms with Crippen molar-refractivity contribution in [2.45, 2.75) is 29.8 Å². The minimum Gasteiger partial charge on any atom is -0.368 e. The topological polar surface area (TPSA) is 94.3 Å². The van der Waals surface area contributed by atoms with Crippen molar-refractivity contribution in [3.05, 3.63) is 48.2 Å². The summed E-state index contributed by atoms with van der Waals surface area (Å²) in [6.07, 6.45) is 5.28. The molecule has 9 heteroatoms. The van der Waals surface area contributed by atoms with Crippen molar-refractivity contribution in [3.63, 3.8) is 0 Å². The number of aromatic nitrogens is 2. The second kappa shape index (κ2) is 8.36. The fraction of sp³-hybridized carbons (Fsp3) is 0.417. The molecule has 0 atom stereocenters. The fourth-order valence-electron chi connectivity index (χ4n) is 4.81. The summed E-state index contributed by atoms with van der Waals surface area (Å²) < 4.78 is 26.0. The maximum atomic E-state index is 11.9. The summed E-state index contributed by atoms with van der Waals surface area (Å²) in [7, 11) is -1.24. The lowest BCUT2D eigenvalue weighted by Gasteiger charge is -2.37. The Labute approximate surface area is 194 Å². The first-order chi connectivity index (χ1) is 15.9. The van der Waals surface area contributed by atoms with Crippen molar-refractivity contribution < 1.29 is 8.42 Å². The molecular formula is C24H28N6O2S. The summed E-state index contributed by atoms with van der Waals surface area (Å²) >= 11 is 0. The average molecular weight is 465 g/mol. The maximum absolute atomic E-state index is 11.9. The molecule has 0 radical (unpaired) electrons.